The van der Waals surface area contributed by atoms with Crippen LogP contribution in [0, 0.1) is 11.8 Å². The monoisotopic (exact) mass is 493 g/mol. The molecule has 0 saturated carbocycles. The highest BCUT2D eigenvalue weighted by atomic mass is 16.5. The van der Waals surface area contributed by atoms with Gasteiger partial charge in [-0.25, -0.2) is 0 Å². The van der Waals surface area contributed by atoms with Crippen LogP contribution in [0.3, 0.4) is 0 Å². The van der Waals surface area contributed by atoms with E-state index >= 15 is 0 Å². The van der Waals surface area contributed by atoms with Crippen LogP contribution < -0.4 is 0 Å². The fraction of sp³-hybridized carbons (Fsp3) is 0.536. The molecule has 192 valence electrons. The summed E-state index contributed by atoms with van der Waals surface area (Å²) in [7, 11) is 1.74. The summed E-state index contributed by atoms with van der Waals surface area (Å²) in [6, 6.07) is 8.95. The molecule has 4 aliphatic heterocycles. The average Bonchev–Trinajstić information content (AvgIpc) is 3.14. The Kier molecular flexibility index (Phi) is 6.51. The molecule has 1 aromatic carbocycles. The first-order valence-corrected chi connectivity index (χ1v) is 12.9. The number of fused-ring (bicyclic) bond motifs is 2. The standard InChI is InChI=1S/C28H35N3O5/c1-27-13-9-15-29(2)24(33)21(27)22-25(34)31(17-7-4-8-18-32)23-26(35)30(16-10-14-28(22,23)36-27)19-20-11-5-3-6-12-20/h3,5-6,9-14,21-23,32H,4,7-8,15-19H2,1-2H3/t21-,22+,23?,27+,28+/m1/s1. The van der Waals surface area contributed by atoms with E-state index in [0.717, 1.165) is 12.0 Å². The van der Waals surface area contributed by atoms with Crippen molar-refractivity contribution in [2.75, 3.05) is 33.3 Å². The maximum Gasteiger partial charge on any atom is 0.249 e. The molecule has 0 radical (unpaired) electrons. The van der Waals surface area contributed by atoms with Crippen molar-refractivity contribution in [3.63, 3.8) is 0 Å². The Labute approximate surface area is 212 Å². The molecule has 2 saturated heterocycles. The third-order valence-corrected chi connectivity index (χ3v) is 8.12. The summed E-state index contributed by atoms with van der Waals surface area (Å²) in [6.45, 7) is 3.62. The highest BCUT2D eigenvalue weighted by molar-refractivity contribution is 6.00. The van der Waals surface area contributed by atoms with E-state index in [9.17, 15) is 19.5 Å². The van der Waals surface area contributed by atoms with Crippen LogP contribution in [0.4, 0.5) is 0 Å². The summed E-state index contributed by atoms with van der Waals surface area (Å²) >= 11 is 0. The third-order valence-electron chi connectivity index (χ3n) is 8.12. The quantitative estimate of drug-likeness (QED) is 0.462. The molecule has 8 nitrogen and oxygen atoms in total. The Morgan fingerprint density at radius 3 is 2.44 bits per heavy atom. The number of aliphatic hydroxyl groups excluding tert-OH is 1. The Morgan fingerprint density at radius 1 is 0.944 bits per heavy atom. The minimum absolute atomic E-state index is 0.0904. The molecule has 1 unspecified atom stereocenters. The van der Waals surface area contributed by atoms with Crippen molar-refractivity contribution in [3.05, 3.63) is 60.2 Å². The molecule has 36 heavy (non-hydrogen) atoms. The molecule has 8 heteroatoms. The van der Waals surface area contributed by atoms with Crippen LogP contribution in [-0.2, 0) is 25.7 Å². The summed E-state index contributed by atoms with van der Waals surface area (Å²) in [5.41, 5.74) is -1.19. The molecular formula is C28H35N3O5. The van der Waals surface area contributed by atoms with Gasteiger partial charge in [-0.3, -0.25) is 14.4 Å². The van der Waals surface area contributed by atoms with Gasteiger partial charge in [-0.15, -0.1) is 0 Å². The summed E-state index contributed by atoms with van der Waals surface area (Å²) < 4.78 is 6.77. The van der Waals surface area contributed by atoms with Crippen LogP contribution in [-0.4, -0.2) is 88.1 Å². The predicted octanol–water partition coefficient (Wildman–Crippen LogP) is 1.75. The van der Waals surface area contributed by atoms with Gasteiger partial charge in [-0.05, 0) is 31.7 Å². The molecule has 4 heterocycles. The van der Waals surface area contributed by atoms with E-state index in [1.807, 2.05) is 61.6 Å². The van der Waals surface area contributed by atoms with Crippen molar-refractivity contribution in [1.29, 1.82) is 0 Å². The number of likely N-dealkylation sites (N-methyl/N-ethyl adjacent to an activating group) is 1. The number of nitrogens with zero attached hydrogens (tertiary/aromatic N) is 3. The highest BCUT2D eigenvalue weighted by Crippen LogP contribution is 2.57. The van der Waals surface area contributed by atoms with Crippen LogP contribution in [0.2, 0.25) is 0 Å². The van der Waals surface area contributed by atoms with Gasteiger partial charge in [0.2, 0.25) is 17.7 Å². The lowest BCUT2D eigenvalue weighted by atomic mass is 9.74. The van der Waals surface area contributed by atoms with Crippen molar-refractivity contribution in [3.8, 4) is 0 Å². The van der Waals surface area contributed by atoms with E-state index < -0.39 is 29.1 Å². The van der Waals surface area contributed by atoms with E-state index in [-0.39, 0.29) is 24.3 Å². The van der Waals surface area contributed by atoms with Crippen LogP contribution in [0.15, 0.2) is 54.6 Å². The molecule has 1 N–H and O–H groups in total. The average molecular weight is 494 g/mol. The zero-order valence-corrected chi connectivity index (χ0v) is 21.0. The molecule has 0 aliphatic carbocycles. The molecule has 5 rings (SSSR count). The van der Waals surface area contributed by atoms with Crippen molar-refractivity contribution in [1.82, 2.24) is 14.7 Å². The van der Waals surface area contributed by atoms with Crippen molar-refractivity contribution >= 4 is 17.7 Å². The smallest absolute Gasteiger partial charge is 0.249 e. The summed E-state index contributed by atoms with van der Waals surface area (Å²) in [4.78, 5) is 46.9. The predicted molar refractivity (Wildman–Crippen MR) is 133 cm³/mol. The molecule has 0 bridgehead atoms. The van der Waals surface area contributed by atoms with Crippen molar-refractivity contribution in [2.24, 2.45) is 11.8 Å². The molecule has 1 spiro atoms. The Balaban J connectivity index is 1.55. The van der Waals surface area contributed by atoms with Gasteiger partial charge in [0.05, 0.1) is 17.4 Å². The van der Waals surface area contributed by atoms with Gasteiger partial charge in [0.15, 0.2) is 0 Å². The molecule has 5 atom stereocenters. The second kappa shape index (κ2) is 9.48. The zero-order chi connectivity index (χ0) is 25.5. The minimum atomic E-state index is -1.21. The zero-order valence-electron chi connectivity index (χ0n) is 21.0. The van der Waals surface area contributed by atoms with Gasteiger partial charge in [0.1, 0.15) is 11.6 Å². The number of aliphatic hydroxyl groups is 1. The number of hydrogen-bond donors (Lipinski definition) is 1. The molecule has 0 aromatic heterocycles. The van der Waals surface area contributed by atoms with E-state index in [1.165, 1.54) is 0 Å². The van der Waals surface area contributed by atoms with Gasteiger partial charge in [-0.1, -0.05) is 54.6 Å². The van der Waals surface area contributed by atoms with Gasteiger partial charge in [0.25, 0.3) is 0 Å². The summed E-state index contributed by atoms with van der Waals surface area (Å²) in [5, 5.41) is 9.20. The second-order valence-corrected chi connectivity index (χ2v) is 10.5. The van der Waals surface area contributed by atoms with Crippen LogP contribution in [0.25, 0.3) is 0 Å². The lowest BCUT2D eigenvalue weighted by molar-refractivity contribution is -0.152. The molecule has 2 fully saturated rings. The van der Waals surface area contributed by atoms with E-state index in [2.05, 4.69) is 0 Å². The normalized spacial score (nSPS) is 33.5. The number of hydrogen-bond acceptors (Lipinski definition) is 5. The first-order chi connectivity index (χ1) is 17.3. The number of unbranched alkanes of at least 4 members (excludes halogenated alkanes) is 2. The van der Waals surface area contributed by atoms with Gasteiger partial charge < -0.3 is 24.5 Å². The Hall–Kier alpha value is -2.97. The molecule has 1 aromatic rings. The van der Waals surface area contributed by atoms with Crippen molar-refractivity contribution in [2.45, 2.75) is 50.0 Å². The second-order valence-electron chi connectivity index (χ2n) is 10.5. The largest absolute Gasteiger partial charge is 0.396 e. The summed E-state index contributed by atoms with van der Waals surface area (Å²) in [5.74, 6) is -1.98. The van der Waals surface area contributed by atoms with E-state index in [0.29, 0.717) is 39.0 Å². The first kappa shape index (κ1) is 24.7. The Morgan fingerprint density at radius 2 is 1.69 bits per heavy atom. The topological polar surface area (TPSA) is 90.4 Å². The van der Waals surface area contributed by atoms with Gasteiger partial charge in [0, 0.05) is 39.8 Å². The summed E-state index contributed by atoms with van der Waals surface area (Å²) in [6.07, 6.45) is 9.66. The number of likely N-dealkylation sites (tertiary alicyclic amines) is 1. The number of ether oxygens (including phenoxy) is 1. The maximum absolute atomic E-state index is 14.2. The SMILES string of the molecule is CN1CC=C[C@]2(C)O[C@]34C=CCN(Cc5ccccc5)C(=O)C3N(CCCCCO)C(=O)[C@@H]4[C@@H]2C1=O. The lowest BCUT2D eigenvalue weighted by Gasteiger charge is -2.37. The number of benzene rings is 1. The first-order valence-electron chi connectivity index (χ1n) is 12.9. The number of carbonyl (C=O) groups is 3. The number of rotatable bonds is 7. The fourth-order valence-corrected chi connectivity index (χ4v) is 6.45. The van der Waals surface area contributed by atoms with Crippen LogP contribution in [0.5, 0.6) is 0 Å². The van der Waals surface area contributed by atoms with Crippen LogP contribution >= 0.6 is 0 Å². The lowest BCUT2D eigenvalue weighted by Crippen LogP contribution is -2.55. The number of amides is 3. The number of carbonyl (C=O) groups excluding carboxylic acids is 3. The van der Waals surface area contributed by atoms with Crippen LogP contribution in [0.1, 0.15) is 31.7 Å². The molecule has 4 aliphatic rings. The van der Waals surface area contributed by atoms with Crippen molar-refractivity contribution < 1.29 is 24.2 Å². The minimum Gasteiger partial charge on any atom is -0.396 e. The van der Waals surface area contributed by atoms with E-state index in [1.54, 1.807) is 21.7 Å². The Bertz CT molecular complexity index is 1090. The highest BCUT2D eigenvalue weighted by Gasteiger charge is 2.74. The molecule has 3 amide bonds. The fourth-order valence-electron chi connectivity index (χ4n) is 6.45. The van der Waals surface area contributed by atoms with Gasteiger partial charge in [-0.2, -0.15) is 0 Å². The third kappa shape index (κ3) is 3.87. The van der Waals surface area contributed by atoms with Gasteiger partial charge >= 0.3 is 0 Å². The maximum atomic E-state index is 14.2. The molecular weight excluding hydrogens is 458 g/mol. The van der Waals surface area contributed by atoms with E-state index in [4.69, 9.17) is 4.74 Å².